The Bertz CT molecular complexity index is 349. The highest BCUT2D eigenvalue weighted by Gasteiger charge is 2.15. The van der Waals surface area contributed by atoms with Crippen molar-refractivity contribution in [2.75, 3.05) is 39.0 Å². The second-order valence-corrected chi connectivity index (χ2v) is 7.01. The summed E-state index contributed by atoms with van der Waals surface area (Å²) in [5.41, 5.74) is 0. The van der Waals surface area contributed by atoms with Gasteiger partial charge in [-0.05, 0) is 32.4 Å². The quantitative estimate of drug-likeness (QED) is 0.407. The molecule has 1 fully saturated rings. The Labute approximate surface area is 139 Å². The molecule has 1 amide bonds. The second-order valence-electron chi connectivity index (χ2n) is 5.74. The number of likely N-dealkylation sites (tertiary alicyclic amines) is 1. The number of thioether (sulfide) groups is 1. The highest BCUT2D eigenvalue weighted by Crippen LogP contribution is 2.11. The maximum absolute atomic E-state index is 11.9. The van der Waals surface area contributed by atoms with Crippen LogP contribution in [0.25, 0.3) is 0 Å². The molecule has 0 radical (unpaired) electrons. The topological polar surface area (TPSA) is 56.7 Å². The van der Waals surface area contributed by atoms with Gasteiger partial charge in [-0.25, -0.2) is 0 Å². The first-order valence-electron chi connectivity index (χ1n) is 8.50. The summed E-state index contributed by atoms with van der Waals surface area (Å²) in [6.45, 7) is 8.58. The van der Waals surface area contributed by atoms with Crippen molar-refractivity contribution in [1.82, 2.24) is 15.5 Å². The van der Waals surface area contributed by atoms with Crippen LogP contribution in [0.2, 0.25) is 0 Å². The number of carbonyl (C=O) groups excluding carboxylic acids is 1. The number of hydrogen-bond acceptors (Lipinski definition) is 3. The van der Waals surface area contributed by atoms with E-state index in [2.05, 4.69) is 35.7 Å². The van der Waals surface area contributed by atoms with Gasteiger partial charge in [-0.3, -0.25) is 9.79 Å². The predicted octanol–water partition coefficient (Wildman–Crippen LogP) is 2.09. The maximum Gasteiger partial charge on any atom is 0.222 e. The number of nitrogens with one attached hydrogen (secondary N) is 2. The van der Waals surface area contributed by atoms with Crippen LogP contribution >= 0.6 is 11.8 Å². The van der Waals surface area contributed by atoms with Crippen LogP contribution in [-0.4, -0.2) is 61.0 Å². The monoisotopic (exact) mass is 328 g/mol. The maximum atomic E-state index is 11.9. The largest absolute Gasteiger partial charge is 0.357 e. The van der Waals surface area contributed by atoms with Crippen LogP contribution in [0.3, 0.4) is 0 Å². The zero-order valence-corrected chi connectivity index (χ0v) is 15.2. The molecule has 0 aromatic rings. The molecule has 1 heterocycles. The minimum atomic E-state index is 0.326. The predicted molar refractivity (Wildman–Crippen MR) is 96.6 cm³/mol. The van der Waals surface area contributed by atoms with E-state index in [0.717, 1.165) is 64.4 Å². The highest BCUT2D eigenvalue weighted by atomic mass is 32.2. The van der Waals surface area contributed by atoms with Crippen LogP contribution in [0.15, 0.2) is 4.99 Å². The van der Waals surface area contributed by atoms with Gasteiger partial charge < -0.3 is 15.5 Å². The molecule has 0 spiro atoms. The van der Waals surface area contributed by atoms with Crippen molar-refractivity contribution in [3.05, 3.63) is 0 Å². The number of amides is 1. The van der Waals surface area contributed by atoms with Gasteiger partial charge in [0, 0.05) is 37.8 Å². The Morgan fingerprint density at radius 1 is 1.36 bits per heavy atom. The minimum Gasteiger partial charge on any atom is -0.357 e. The summed E-state index contributed by atoms with van der Waals surface area (Å²) in [7, 11) is 0. The van der Waals surface area contributed by atoms with E-state index in [-0.39, 0.29) is 0 Å². The number of rotatable bonds is 8. The van der Waals surface area contributed by atoms with Crippen molar-refractivity contribution in [3.8, 4) is 0 Å². The number of nitrogens with zero attached hydrogens (tertiary/aromatic N) is 2. The average molecular weight is 329 g/mol. The van der Waals surface area contributed by atoms with Crippen LogP contribution in [0, 0.1) is 0 Å². The van der Waals surface area contributed by atoms with Gasteiger partial charge in [-0.2, -0.15) is 11.8 Å². The lowest BCUT2D eigenvalue weighted by Gasteiger charge is -2.20. The molecule has 1 rings (SSSR count). The third-order valence-electron chi connectivity index (χ3n) is 3.82. The van der Waals surface area contributed by atoms with Crippen molar-refractivity contribution < 1.29 is 4.79 Å². The summed E-state index contributed by atoms with van der Waals surface area (Å²) in [6, 6.07) is 0. The summed E-state index contributed by atoms with van der Waals surface area (Å²) in [4.78, 5) is 18.5. The summed E-state index contributed by atoms with van der Waals surface area (Å²) in [5, 5.41) is 7.16. The smallest absolute Gasteiger partial charge is 0.222 e. The molecule has 1 atom stereocenters. The zero-order chi connectivity index (χ0) is 16.2. The molecular weight excluding hydrogens is 296 g/mol. The third kappa shape index (κ3) is 7.92. The zero-order valence-electron chi connectivity index (χ0n) is 14.4. The number of guanidine groups is 1. The van der Waals surface area contributed by atoms with Crippen LogP contribution in [0.5, 0.6) is 0 Å². The van der Waals surface area contributed by atoms with Gasteiger partial charge >= 0.3 is 0 Å². The van der Waals surface area contributed by atoms with Gasteiger partial charge in [0.05, 0.1) is 6.54 Å². The molecule has 1 saturated heterocycles. The first-order valence-corrected chi connectivity index (χ1v) is 9.79. The molecule has 0 aromatic carbocycles. The fraction of sp³-hybridized carbons (Fsp3) is 0.875. The Balaban J connectivity index is 2.28. The second kappa shape index (κ2) is 11.6. The molecule has 22 heavy (non-hydrogen) atoms. The molecule has 6 heteroatoms. The van der Waals surface area contributed by atoms with E-state index in [1.807, 2.05) is 16.7 Å². The molecule has 0 saturated carbocycles. The lowest BCUT2D eigenvalue weighted by molar-refractivity contribution is -0.130. The molecule has 1 aliphatic rings. The fourth-order valence-corrected chi connectivity index (χ4v) is 2.61. The summed E-state index contributed by atoms with van der Waals surface area (Å²) in [5.74, 6) is 1.21. The Morgan fingerprint density at radius 3 is 2.91 bits per heavy atom. The first-order chi connectivity index (χ1) is 10.7. The van der Waals surface area contributed by atoms with Crippen molar-refractivity contribution in [1.29, 1.82) is 0 Å². The molecule has 5 nitrogen and oxygen atoms in total. The van der Waals surface area contributed by atoms with Crippen LogP contribution in [0.1, 0.15) is 46.0 Å². The lowest BCUT2D eigenvalue weighted by atomic mass is 10.2. The van der Waals surface area contributed by atoms with Crippen molar-refractivity contribution >= 4 is 23.6 Å². The van der Waals surface area contributed by atoms with Gasteiger partial charge in [-0.15, -0.1) is 0 Å². The number of aliphatic imine (C=N–C) groups is 1. The van der Waals surface area contributed by atoms with Crippen molar-refractivity contribution in [2.45, 2.75) is 51.2 Å². The van der Waals surface area contributed by atoms with Crippen LogP contribution < -0.4 is 10.6 Å². The molecule has 2 N–H and O–H groups in total. The normalized spacial score (nSPS) is 18.0. The standard InChI is InChI=1S/C16H32N4OS/c1-4-17-16(19-13-14(2)22-3)18-10-8-12-20-11-7-5-6-9-15(20)21/h14H,4-13H2,1-3H3,(H2,17,18,19). The van der Waals surface area contributed by atoms with E-state index < -0.39 is 0 Å². The highest BCUT2D eigenvalue weighted by molar-refractivity contribution is 7.99. The van der Waals surface area contributed by atoms with E-state index in [4.69, 9.17) is 0 Å². The van der Waals surface area contributed by atoms with E-state index >= 15 is 0 Å². The van der Waals surface area contributed by atoms with Gasteiger partial charge in [0.25, 0.3) is 0 Å². The van der Waals surface area contributed by atoms with E-state index in [0.29, 0.717) is 11.2 Å². The molecule has 0 aliphatic carbocycles. The van der Waals surface area contributed by atoms with E-state index in [1.165, 1.54) is 6.42 Å². The van der Waals surface area contributed by atoms with Gasteiger partial charge in [-0.1, -0.05) is 13.3 Å². The first kappa shape index (κ1) is 19.1. The Hall–Kier alpha value is -0.910. The van der Waals surface area contributed by atoms with Crippen LogP contribution in [-0.2, 0) is 4.79 Å². The molecule has 128 valence electrons. The molecular formula is C16H32N4OS. The van der Waals surface area contributed by atoms with Gasteiger partial charge in [0.1, 0.15) is 0 Å². The number of hydrogen-bond donors (Lipinski definition) is 2. The third-order valence-corrected chi connectivity index (χ3v) is 4.78. The summed E-state index contributed by atoms with van der Waals surface area (Å²) >= 11 is 1.83. The molecule has 1 aliphatic heterocycles. The minimum absolute atomic E-state index is 0.326. The number of carbonyl (C=O) groups is 1. The van der Waals surface area contributed by atoms with E-state index in [9.17, 15) is 4.79 Å². The molecule has 0 bridgehead atoms. The van der Waals surface area contributed by atoms with Gasteiger partial charge in [0.2, 0.25) is 5.91 Å². The average Bonchev–Trinajstić information content (AvgIpc) is 2.73. The Morgan fingerprint density at radius 2 is 2.18 bits per heavy atom. The lowest BCUT2D eigenvalue weighted by Crippen LogP contribution is -2.39. The molecule has 0 aromatic heterocycles. The Kier molecular flexibility index (Phi) is 10.1. The summed E-state index contributed by atoms with van der Waals surface area (Å²) in [6.07, 6.45) is 7.19. The SMILES string of the molecule is CCNC(=NCC(C)SC)NCCCN1CCCCCC1=O. The van der Waals surface area contributed by atoms with Crippen molar-refractivity contribution in [3.63, 3.8) is 0 Å². The van der Waals surface area contributed by atoms with Crippen LogP contribution in [0.4, 0.5) is 0 Å². The van der Waals surface area contributed by atoms with E-state index in [1.54, 1.807) is 0 Å². The molecule has 1 unspecified atom stereocenters. The van der Waals surface area contributed by atoms with Gasteiger partial charge in [0.15, 0.2) is 5.96 Å². The fourth-order valence-electron chi connectivity index (χ4n) is 2.39. The summed E-state index contributed by atoms with van der Waals surface area (Å²) < 4.78 is 0. The van der Waals surface area contributed by atoms with Crippen molar-refractivity contribution in [2.24, 2.45) is 4.99 Å².